The lowest BCUT2D eigenvalue weighted by Gasteiger charge is -2.29. The second-order valence-electron chi connectivity index (χ2n) is 6.08. The molecule has 0 spiro atoms. The van der Waals surface area contributed by atoms with Crippen molar-refractivity contribution in [2.75, 3.05) is 23.4 Å². The molecule has 1 aliphatic rings. The van der Waals surface area contributed by atoms with E-state index in [2.05, 4.69) is 12.2 Å². The maximum Gasteiger partial charge on any atom is 0.265 e. The first-order valence-corrected chi connectivity index (χ1v) is 8.58. The summed E-state index contributed by atoms with van der Waals surface area (Å²) in [5.74, 6) is 0.541. The Hall–Kier alpha value is -2.82. The number of fused-ring (bicyclic) bond motifs is 1. The van der Waals surface area contributed by atoms with Crippen LogP contribution in [0.3, 0.4) is 0 Å². The summed E-state index contributed by atoms with van der Waals surface area (Å²) in [6, 6.07) is 15.0. The Bertz CT molecular complexity index is 759. The Morgan fingerprint density at radius 2 is 2.00 bits per heavy atom. The first-order valence-electron chi connectivity index (χ1n) is 8.58. The lowest BCUT2D eigenvalue weighted by atomic mass is 10.1. The highest BCUT2D eigenvalue weighted by molar-refractivity contribution is 5.99. The first kappa shape index (κ1) is 17.0. The third-order valence-electron chi connectivity index (χ3n) is 4.13. The van der Waals surface area contributed by atoms with Gasteiger partial charge in [-0.3, -0.25) is 9.59 Å². The van der Waals surface area contributed by atoms with E-state index in [9.17, 15) is 9.59 Å². The zero-order valence-electron chi connectivity index (χ0n) is 14.3. The summed E-state index contributed by atoms with van der Waals surface area (Å²) in [6.07, 6.45) is 2.25. The van der Waals surface area contributed by atoms with E-state index >= 15 is 0 Å². The Balaban J connectivity index is 1.74. The molecule has 25 heavy (non-hydrogen) atoms. The maximum absolute atomic E-state index is 12.2. The molecule has 5 heteroatoms. The molecule has 2 aromatic carbocycles. The van der Waals surface area contributed by atoms with Crippen molar-refractivity contribution in [3.8, 4) is 5.75 Å². The molecule has 1 N–H and O–H groups in total. The van der Waals surface area contributed by atoms with E-state index < -0.39 is 0 Å². The van der Waals surface area contributed by atoms with E-state index in [1.807, 2.05) is 36.4 Å². The van der Waals surface area contributed by atoms with Gasteiger partial charge in [0.15, 0.2) is 6.61 Å². The van der Waals surface area contributed by atoms with Gasteiger partial charge in [0.05, 0.1) is 12.1 Å². The number of rotatable bonds is 6. The van der Waals surface area contributed by atoms with Gasteiger partial charge in [-0.05, 0) is 30.2 Å². The molecule has 1 heterocycles. The number of amides is 2. The smallest absolute Gasteiger partial charge is 0.265 e. The molecule has 130 valence electrons. The molecule has 0 radical (unpaired) electrons. The molecule has 2 amide bonds. The zero-order chi connectivity index (χ0) is 17.6. The van der Waals surface area contributed by atoms with Gasteiger partial charge in [-0.1, -0.05) is 43.7 Å². The van der Waals surface area contributed by atoms with Gasteiger partial charge in [0.25, 0.3) is 5.91 Å². The second-order valence-corrected chi connectivity index (χ2v) is 6.08. The molecule has 1 aliphatic heterocycles. The van der Waals surface area contributed by atoms with Crippen LogP contribution in [0.2, 0.25) is 0 Å². The van der Waals surface area contributed by atoms with Crippen molar-refractivity contribution in [1.29, 1.82) is 0 Å². The van der Waals surface area contributed by atoms with Crippen molar-refractivity contribution in [3.05, 3.63) is 54.1 Å². The third-order valence-corrected chi connectivity index (χ3v) is 4.13. The van der Waals surface area contributed by atoms with Gasteiger partial charge in [-0.2, -0.15) is 0 Å². The van der Waals surface area contributed by atoms with E-state index in [0.717, 1.165) is 24.1 Å². The van der Waals surface area contributed by atoms with E-state index in [1.165, 1.54) is 0 Å². The van der Waals surface area contributed by atoms with Gasteiger partial charge in [-0.25, -0.2) is 0 Å². The maximum atomic E-state index is 12.2. The molecule has 2 aromatic rings. The minimum absolute atomic E-state index is 0.0475. The lowest BCUT2D eigenvalue weighted by Crippen LogP contribution is -2.39. The Morgan fingerprint density at radius 3 is 2.76 bits per heavy atom. The number of ether oxygens (including phenoxy) is 1. The summed E-state index contributed by atoms with van der Waals surface area (Å²) in [5, 5.41) is 2.90. The zero-order valence-corrected chi connectivity index (χ0v) is 14.3. The fourth-order valence-electron chi connectivity index (χ4n) is 2.83. The van der Waals surface area contributed by atoms with Crippen molar-refractivity contribution in [3.63, 3.8) is 0 Å². The van der Waals surface area contributed by atoms with Crippen molar-refractivity contribution >= 4 is 23.2 Å². The van der Waals surface area contributed by atoms with Gasteiger partial charge in [-0.15, -0.1) is 0 Å². The second kappa shape index (κ2) is 7.83. The highest BCUT2D eigenvalue weighted by Gasteiger charge is 2.25. The predicted octanol–water partition coefficient (Wildman–Crippen LogP) is 3.39. The normalized spacial score (nSPS) is 13.2. The molecule has 3 rings (SSSR count). The van der Waals surface area contributed by atoms with Gasteiger partial charge in [0.1, 0.15) is 5.75 Å². The van der Waals surface area contributed by atoms with E-state index in [0.29, 0.717) is 24.4 Å². The van der Waals surface area contributed by atoms with Crippen molar-refractivity contribution in [1.82, 2.24) is 0 Å². The van der Waals surface area contributed by atoms with Crippen LogP contribution >= 0.6 is 0 Å². The predicted molar refractivity (Wildman–Crippen MR) is 98.0 cm³/mol. The van der Waals surface area contributed by atoms with Crippen LogP contribution in [0, 0.1) is 0 Å². The number of nitrogens with one attached hydrogen (secondary N) is 1. The number of unbranched alkanes of at least 4 members (excludes halogenated alkanes) is 1. The fourth-order valence-corrected chi connectivity index (χ4v) is 2.83. The van der Waals surface area contributed by atoms with E-state index in [1.54, 1.807) is 17.0 Å². The highest BCUT2D eigenvalue weighted by atomic mass is 16.5. The molecule has 0 bridgehead atoms. The quantitative estimate of drug-likeness (QED) is 0.878. The molecule has 0 fully saturated rings. The minimum atomic E-state index is -0.0886. The van der Waals surface area contributed by atoms with Crippen molar-refractivity contribution < 1.29 is 14.3 Å². The van der Waals surface area contributed by atoms with Crippen LogP contribution in [0.25, 0.3) is 0 Å². The molecule has 0 saturated heterocycles. The van der Waals surface area contributed by atoms with Crippen LogP contribution in [0.4, 0.5) is 11.4 Å². The summed E-state index contributed by atoms with van der Waals surface area (Å²) in [7, 11) is 0. The van der Waals surface area contributed by atoms with Crippen LogP contribution < -0.4 is 15.0 Å². The van der Waals surface area contributed by atoms with Crippen LogP contribution in [-0.4, -0.2) is 25.0 Å². The molecule has 0 unspecified atom stereocenters. The van der Waals surface area contributed by atoms with Crippen molar-refractivity contribution in [2.45, 2.75) is 26.2 Å². The molecule has 0 aromatic heterocycles. The number of carbonyl (C=O) groups excluding carboxylic acids is 2. The summed E-state index contributed by atoms with van der Waals surface area (Å²) in [6.45, 7) is 2.82. The number of hydrogen-bond donors (Lipinski definition) is 1. The number of nitrogens with zero attached hydrogens (tertiary/aromatic N) is 1. The molecule has 0 aliphatic carbocycles. The summed E-state index contributed by atoms with van der Waals surface area (Å²) in [5.41, 5.74) is 2.35. The Labute approximate surface area is 147 Å². The summed E-state index contributed by atoms with van der Waals surface area (Å²) >= 11 is 0. The molecular weight excluding hydrogens is 316 g/mol. The topological polar surface area (TPSA) is 58.6 Å². The standard InChI is InChI=1S/C20H22N2O3/c1-2-3-11-22-17-13-16(9-10-18(17)25-14-20(22)24)21-19(23)12-15-7-5-4-6-8-15/h4-10,13H,2-3,11-12,14H2,1H3,(H,21,23). The molecule has 5 nitrogen and oxygen atoms in total. The summed E-state index contributed by atoms with van der Waals surface area (Å²) < 4.78 is 5.50. The fraction of sp³-hybridized carbons (Fsp3) is 0.300. The molecule has 0 saturated carbocycles. The number of benzene rings is 2. The average Bonchev–Trinajstić information content (AvgIpc) is 2.61. The molecule has 0 atom stereocenters. The molecular formula is C20H22N2O3. The van der Waals surface area contributed by atoms with E-state index in [-0.39, 0.29) is 18.4 Å². The monoisotopic (exact) mass is 338 g/mol. The van der Waals surface area contributed by atoms with Crippen molar-refractivity contribution in [2.24, 2.45) is 0 Å². The summed E-state index contributed by atoms with van der Waals surface area (Å²) in [4.78, 5) is 26.1. The number of anilines is 2. The first-order chi connectivity index (χ1) is 12.2. The minimum Gasteiger partial charge on any atom is -0.482 e. The van der Waals surface area contributed by atoms with Crippen LogP contribution in [0.1, 0.15) is 25.3 Å². The number of carbonyl (C=O) groups is 2. The largest absolute Gasteiger partial charge is 0.482 e. The Kier molecular flexibility index (Phi) is 5.33. The third kappa shape index (κ3) is 4.18. The van der Waals surface area contributed by atoms with Gasteiger partial charge >= 0.3 is 0 Å². The highest BCUT2D eigenvalue weighted by Crippen LogP contribution is 2.34. The van der Waals surface area contributed by atoms with Crippen LogP contribution in [-0.2, 0) is 16.0 Å². The van der Waals surface area contributed by atoms with Gasteiger partial charge < -0.3 is 15.0 Å². The SMILES string of the molecule is CCCCN1C(=O)COc2ccc(NC(=O)Cc3ccccc3)cc21. The van der Waals surface area contributed by atoms with Crippen LogP contribution in [0.15, 0.2) is 48.5 Å². The lowest BCUT2D eigenvalue weighted by molar-refractivity contribution is -0.121. The van der Waals surface area contributed by atoms with Gasteiger partial charge in [0, 0.05) is 12.2 Å². The Morgan fingerprint density at radius 1 is 1.20 bits per heavy atom. The van der Waals surface area contributed by atoms with Gasteiger partial charge in [0.2, 0.25) is 5.91 Å². The average molecular weight is 338 g/mol. The van der Waals surface area contributed by atoms with E-state index in [4.69, 9.17) is 4.74 Å². The van der Waals surface area contributed by atoms with Crippen LogP contribution in [0.5, 0.6) is 5.75 Å². The number of hydrogen-bond acceptors (Lipinski definition) is 3.